The summed E-state index contributed by atoms with van der Waals surface area (Å²) >= 11 is 0. The lowest BCUT2D eigenvalue weighted by Gasteiger charge is -2.11. The highest BCUT2D eigenvalue weighted by molar-refractivity contribution is 6.07. The molecule has 0 radical (unpaired) electrons. The molecular formula is C24H27NO6. The number of hydrogen-bond donors (Lipinski definition) is 0. The minimum atomic E-state index is -0.451. The molecule has 0 saturated carbocycles. The van der Waals surface area contributed by atoms with E-state index in [4.69, 9.17) is 18.9 Å². The van der Waals surface area contributed by atoms with E-state index in [0.29, 0.717) is 16.7 Å². The summed E-state index contributed by atoms with van der Waals surface area (Å²) in [5.41, 5.74) is 2.91. The highest BCUT2D eigenvalue weighted by Gasteiger charge is 2.22. The molecular weight excluding hydrogens is 398 g/mol. The first-order valence-corrected chi connectivity index (χ1v) is 10.1. The molecule has 0 aliphatic heterocycles. The van der Waals surface area contributed by atoms with Crippen LogP contribution in [0.1, 0.15) is 36.8 Å². The number of carbonyl (C=O) groups is 2. The SMILES string of the molecule is CCOC(=O)c1c(C)n(-c2ccc(OC)cc2)c2ccc(OCC(=O)OC(C)C)cc12. The number of esters is 2. The second-order valence-electron chi connectivity index (χ2n) is 7.22. The second-order valence-corrected chi connectivity index (χ2v) is 7.22. The van der Waals surface area contributed by atoms with Crippen molar-refractivity contribution in [2.45, 2.75) is 33.8 Å². The van der Waals surface area contributed by atoms with Gasteiger partial charge in [0.1, 0.15) is 11.5 Å². The Balaban J connectivity index is 2.05. The van der Waals surface area contributed by atoms with Crippen LogP contribution in [0.5, 0.6) is 11.5 Å². The maximum Gasteiger partial charge on any atom is 0.344 e. The van der Waals surface area contributed by atoms with Crippen LogP contribution in [-0.2, 0) is 14.3 Å². The Labute approximate surface area is 181 Å². The van der Waals surface area contributed by atoms with E-state index in [-0.39, 0.29) is 19.3 Å². The standard InChI is InChI=1S/C24H27NO6/c1-6-29-24(27)23-16(4)25(17-7-9-18(28-5)10-8-17)21-12-11-19(13-20(21)23)30-14-22(26)31-15(2)3/h7-13,15H,6,14H2,1-5H3. The lowest BCUT2D eigenvalue weighted by molar-refractivity contribution is -0.149. The van der Waals surface area contributed by atoms with Gasteiger partial charge >= 0.3 is 11.9 Å². The van der Waals surface area contributed by atoms with E-state index >= 15 is 0 Å². The van der Waals surface area contributed by atoms with Crippen LogP contribution in [0.3, 0.4) is 0 Å². The Bertz CT molecular complexity index is 1080. The van der Waals surface area contributed by atoms with Crippen molar-refractivity contribution in [3.63, 3.8) is 0 Å². The number of methoxy groups -OCH3 is 1. The van der Waals surface area contributed by atoms with Gasteiger partial charge in [-0.15, -0.1) is 0 Å². The van der Waals surface area contributed by atoms with Gasteiger partial charge in [0.25, 0.3) is 0 Å². The van der Waals surface area contributed by atoms with Crippen molar-refractivity contribution in [3.05, 3.63) is 53.7 Å². The second kappa shape index (κ2) is 9.55. The first-order chi connectivity index (χ1) is 14.8. The minimum Gasteiger partial charge on any atom is -0.497 e. The van der Waals surface area contributed by atoms with Crippen molar-refractivity contribution in [1.82, 2.24) is 4.57 Å². The summed E-state index contributed by atoms with van der Waals surface area (Å²) in [6.45, 7) is 7.25. The lowest BCUT2D eigenvalue weighted by atomic mass is 10.1. The molecule has 0 amide bonds. The van der Waals surface area contributed by atoms with Gasteiger partial charge in [-0.3, -0.25) is 0 Å². The van der Waals surface area contributed by atoms with E-state index in [0.717, 1.165) is 22.6 Å². The van der Waals surface area contributed by atoms with Crippen molar-refractivity contribution in [3.8, 4) is 17.2 Å². The van der Waals surface area contributed by atoms with Crippen LogP contribution in [-0.4, -0.2) is 42.9 Å². The van der Waals surface area contributed by atoms with Crippen LogP contribution >= 0.6 is 0 Å². The molecule has 7 heteroatoms. The van der Waals surface area contributed by atoms with Crippen LogP contribution in [0.2, 0.25) is 0 Å². The quantitative estimate of drug-likeness (QED) is 0.496. The number of nitrogens with zero attached hydrogens (tertiary/aromatic N) is 1. The van der Waals surface area contributed by atoms with E-state index < -0.39 is 11.9 Å². The van der Waals surface area contributed by atoms with E-state index in [2.05, 4.69) is 0 Å². The van der Waals surface area contributed by atoms with Gasteiger partial charge in [0.2, 0.25) is 0 Å². The molecule has 0 fully saturated rings. The fourth-order valence-corrected chi connectivity index (χ4v) is 3.45. The summed E-state index contributed by atoms with van der Waals surface area (Å²) in [6, 6.07) is 12.9. The van der Waals surface area contributed by atoms with E-state index in [1.807, 2.05) is 41.8 Å². The largest absolute Gasteiger partial charge is 0.497 e. The molecule has 0 atom stereocenters. The van der Waals surface area contributed by atoms with Crippen LogP contribution in [0, 0.1) is 6.92 Å². The normalized spacial score (nSPS) is 10.9. The predicted octanol–water partition coefficient (Wildman–Crippen LogP) is 4.45. The molecule has 0 aliphatic carbocycles. The monoisotopic (exact) mass is 425 g/mol. The number of benzene rings is 2. The molecule has 7 nitrogen and oxygen atoms in total. The summed E-state index contributed by atoms with van der Waals surface area (Å²) in [5.74, 6) is 0.347. The van der Waals surface area contributed by atoms with Crippen molar-refractivity contribution >= 4 is 22.8 Å². The molecule has 0 N–H and O–H groups in total. The number of aromatic nitrogens is 1. The van der Waals surface area contributed by atoms with Gasteiger partial charge in [0, 0.05) is 16.8 Å². The molecule has 0 aliphatic rings. The molecule has 1 heterocycles. The average Bonchev–Trinajstić information content (AvgIpc) is 3.03. The molecule has 0 bridgehead atoms. The summed E-state index contributed by atoms with van der Waals surface area (Å²) in [5, 5.41) is 0.682. The molecule has 0 unspecified atom stereocenters. The highest BCUT2D eigenvalue weighted by atomic mass is 16.6. The van der Waals surface area contributed by atoms with Gasteiger partial charge in [-0.1, -0.05) is 0 Å². The average molecular weight is 425 g/mol. The molecule has 164 valence electrons. The first-order valence-electron chi connectivity index (χ1n) is 10.1. The zero-order chi connectivity index (χ0) is 22.5. The van der Waals surface area contributed by atoms with Gasteiger partial charge in [-0.25, -0.2) is 9.59 Å². The number of ether oxygens (including phenoxy) is 4. The molecule has 0 saturated heterocycles. The lowest BCUT2D eigenvalue weighted by Crippen LogP contribution is -2.18. The van der Waals surface area contributed by atoms with Gasteiger partial charge in [-0.05, 0) is 70.2 Å². The topological polar surface area (TPSA) is 76.0 Å². The third-order valence-corrected chi connectivity index (χ3v) is 4.71. The third kappa shape index (κ3) is 4.82. The molecule has 1 aromatic heterocycles. The maximum absolute atomic E-state index is 12.8. The predicted molar refractivity (Wildman–Crippen MR) is 117 cm³/mol. The van der Waals surface area contributed by atoms with E-state index in [1.54, 1.807) is 40.0 Å². The van der Waals surface area contributed by atoms with Crippen molar-refractivity contribution in [2.24, 2.45) is 0 Å². The molecule has 3 aromatic rings. The smallest absolute Gasteiger partial charge is 0.344 e. The number of carbonyl (C=O) groups excluding carboxylic acids is 2. The van der Waals surface area contributed by atoms with Gasteiger partial charge in [-0.2, -0.15) is 0 Å². The zero-order valence-electron chi connectivity index (χ0n) is 18.4. The van der Waals surface area contributed by atoms with Gasteiger partial charge in [0.05, 0.1) is 30.9 Å². The molecule has 31 heavy (non-hydrogen) atoms. The Morgan fingerprint density at radius 2 is 1.71 bits per heavy atom. The Morgan fingerprint density at radius 3 is 2.32 bits per heavy atom. The van der Waals surface area contributed by atoms with E-state index in [1.165, 1.54) is 0 Å². The first kappa shape index (κ1) is 22.2. The number of rotatable bonds is 8. The van der Waals surface area contributed by atoms with Gasteiger partial charge < -0.3 is 23.5 Å². The fraction of sp³-hybridized carbons (Fsp3) is 0.333. The Morgan fingerprint density at radius 1 is 1.03 bits per heavy atom. The van der Waals surface area contributed by atoms with Crippen LogP contribution in [0.4, 0.5) is 0 Å². The molecule has 2 aromatic carbocycles. The number of fused-ring (bicyclic) bond motifs is 1. The zero-order valence-corrected chi connectivity index (χ0v) is 18.4. The van der Waals surface area contributed by atoms with Gasteiger partial charge in [0.15, 0.2) is 6.61 Å². The van der Waals surface area contributed by atoms with Crippen LogP contribution < -0.4 is 9.47 Å². The molecule has 3 rings (SSSR count). The van der Waals surface area contributed by atoms with Crippen molar-refractivity contribution in [1.29, 1.82) is 0 Å². The summed E-state index contributed by atoms with van der Waals surface area (Å²) in [7, 11) is 1.61. The van der Waals surface area contributed by atoms with Crippen molar-refractivity contribution < 1.29 is 28.5 Å². The van der Waals surface area contributed by atoms with E-state index in [9.17, 15) is 9.59 Å². The maximum atomic E-state index is 12.8. The van der Waals surface area contributed by atoms with Crippen molar-refractivity contribution in [2.75, 3.05) is 20.3 Å². The minimum absolute atomic E-state index is 0.212. The summed E-state index contributed by atoms with van der Waals surface area (Å²) in [4.78, 5) is 24.6. The Hall–Kier alpha value is -3.48. The highest BCUT2D eigenvalue weighted by Crippen LogP contribution is 2.33. The summed E-state index contributed by atoms with van der Waals surface area (Å²) < 4.78 is 23.2. The van der Waals surface area contributed by atoms with Crippen LogP contribution in [0.25, 0.3) is 16.6 Å². The fourth-order valence-electron chi connectivity index (χ4n) is 3.45. The summed E-state index contributed by atoms with van der Waals surface area (Å²) in [6.07, 6.45) is -0.213. The molecule has 0 spiro atoms. The third-order valence-electron chi connectivity index (χ3n) is 4.71. The van der Waals surface area contributed by atoms with Crippen LogP contribution in [0.15, 0.2) is 42.5 Å². The Kier molecular flexibility index (Phi) is 6.84. The number of hydrogen-bond acceptors (Lipinski definition) is 6.